The van der Waals surface area contributed by atoms with Crippen molar-refractivity contribution in [3.63, 3.8) is 0 Å². The van der Waals surface area contributed by atoms with Crippen molar-refractivity contribution in [3.05, 3.63) is 17.8 Å². The van der Waals surface area contributed by atoms with E-state index in [1.165, 1.54) is 6.33 Å². The first kappa shape index (κ1) is 16.6. The highest BCUT2D eigenvalue weighted by Gasteiger charge is 2.28. The lowest BCUT2D eigenvalue weighted by Gasteiger charge is -2.34. The molecule has 0 aromatic carbocycles. The molecule has 0 unspecified atom stereocenters. The van der Waals surface area contributed by atoms with Gasteiger partial charge in [-0.1, -0.05) is 27.7 Å². The standard InChI is InChI=1S/C16H25FN4O/c1-5-12-13(17)14(19-10-18-12)21-8-6-11(7-9-21)20-15(22)16(2,3)4/h10-11H,5-9H2,1-4H3,(H,20,22). The van der Waals surface area contributed by atoms with Crippen molar-refractivity contribution in [2.75, 3.05) is 18.0 Å². The van der Waals surface area contributed by atoms with E-state index in [1.54, 1.807) is 0 Å². The van der Waals surface area contributed by atoms with Crippen molar-refractivity contribution in [1.29, 1.82) is 0 Å². The topological polar surface area (TPSA) is 58.1 Å². The molecule has 1 aromatic rings. The third kappa shape index (κ3) is 3.72. The predicted octanol–water partition coefficient (Wildman–Crippen LogP) is 2.31. The number of anilines is 1. The molecule has 1 saturated heterocycles. The van der Waals surface area contributed by atoms with Gasteiger partial charge >= 0.3 is 0 Å². The van der Waals surface area contributed by atoms with Crippen molar-refractivity contribution < 1.29 is 9.18 Å². The van der Waals surface area contributed by atoms with Crippen LogP contribution >= 0.6 is 0 Å². The summed E-state index contributed by atoms with van der Waals surface area (Å²) in [7, 11) is 0. The number of amides is 1. The quantitative estimate of drug-likeness (QED) is 0.931. The van der Waals surface area contributed by atoms with Gasteiger partial charge in [0.2, 0.25) is 5.91 Å². The fraction of sp³-hybridized carbons (Fsp3) is 0.688. The minimum Gasteiger partial charge on any atom is -0.354 e. The largest absolute Gasteiger partial charge is 0.354 e. The Morgan fingerprint density at radius 2 is 2.00 bits per heavy atom. The van der Waals surface area contributed by atoms with E-state index in [1.807, 2.05) is 32.6 Å². The van der Waals surface area contributed by atoms with E-state index in [-0.39, 0.29) is 23.2 Å². The van der Waals surface area contributed by atoms with Gasteiger partial charge in [0.05, 0.1) is 5.69 Å². The molecular formula is C16H25FN4O. The van der Waals surface area contributed by atoms with Gasteiger partial charge in [0.25, 0.3) is 0 Å². The van der Waals surface area contributed by atoms with Crippen LogP contribution in [0.15, 0.2) is 6.33 Å². The van der Waals surface area contributed by atoms with Gasteiger partial charge in [-0.15, -0.1) is 0 Å². The summed E-state index contributed by atoms with van der Waals surface area (Å²) in [5.41, 5.74) is 0.0690. The molecule has 1 fully saturated rings. The minimum absolute atomic E-state index is 0.0624. The number of nitrogens with zero attached hydrogens (tertiary/aromatic N) is 3. The van der Waals surface area contributed by atoms with Gasteiger partial charge in [-0.05, 0) is 19.3 Å². The van der Waals surface area contributed by atoms with Gasteiger partial charge in [0, 0.05) is 24.5 Å². The summed E-state index contributed by atoms with van der Waals surface area (Å²) in [6, 6.07) is 0.151. The molecule has 1 aromatic heterocycles. The molecule has 0 bridgehead atoms. The Kier molecular flexibility index (Phi) is 4.98. The van der Waals surface area contributed by atoms with Crippen LogP contribution in [0.3, 0.4) is 0 Å². The van der Waals surface area contributed by atoms with Crippen LogP contribution in [0, 0.1) is 11.2 Å². The summed E-state index contributed by atoms with van der Waals surface area (Å²) in [5, 5.41) is 3.08. The van der Waals surface area contributed by atoms with Crippen LogP contribution in [0.5, 0.6) is 0 Å². The number of piperidine rings is 1. The van der Waals surface area contributed by atoms with Crippen molar-refractivity contribution >= 4 is 11.7 Å². The number of hydrogen-bond acceptors (Lipinski definition) is 4. The summed E-state index contributed by atoms with van der Waals surface area (Å²) in [6.45, 7) is 8.96. The molecule has 1 amide bonds. The maximum atomic E-state index is 14.3. The van der Waals surface area contributed by atoms with Gasteiger partial charge < -0.3 is 10.2 Å². The van der Waals surface area contributed by atoms with Crippen LogP contribution in [0.1, 0.15) is 46.2 Å². The van der Waals surface area contributed by atoms with Crippen LogP contribution in [0.2, 0.25) is 0 Å². The second kappa shape index (κ2) is 6.58. The number of hydrogen-bond donors (Lipinski definition) is 1. The first-order chi connectivity index (χ1) is 10.3. The molecule has 0 saturated carbocycles. The average molecular weight is 308 g/mol. The monoisotopic (exact) mass is 308 g/mol. The van der Waals surface area contributed by atoms with Crippen molar-refractivity contribution in [3.8, 4) is 0 Å². The van der Waals surface area contributed by atoms with Crippen LogP contribution in [0.4, 0.5) is 10.2 Å². The Morgan fingerprint density at radius 1 is 1.36 bits per heavy atom. The first-order valence-corrected chi connectivity index (χ1v) is 7.88. The molecule has 1 N–H and O–H groups in total. The molecule has 122 valence electrons. The highest BCUT2D eigenvalue weighted by Crippen LogP contribution is 2.23. The lowest BCUT2D eigenvalue weighted by atomic mass is 9.94. The molecule has 1 aliphatic heterocycles. The highest BCUT2D eigenvalue weighted by molar-refractivity contribution is 5.81. The molecule has 2 heterocycles. The molecule has 0 atom stereocenters. The fourth-order valence-corrected chi connectivity index (χ4v) is 2.50. The average Bonchev–Trinajstić information content (AvgIpc) is 2.47. The second-order valence-electron chi connectivity index (χ2n) is 6.80. The smallest absolute Gasteiger partial charge is 0.225 e. The van der Waals surface area contributed by atoms with Crippen LogP contribution < -0.4 is 10.2 Å². The summed E-state index contributed by atoms with van der Waals surface area (Å²) in [6.07, 6.45) is 3.57. The van der Waals surface area contributed by atoms with E-state index < -0.39 is 0 Å². The summed E-state index contributed by atoms with van der Waals surface area (Å²) < 4.78 is 14.3. The van der Waals surface area contributed by atoms with E-state index in [9.17, 15) is 9.18 Å². The lowest BCUT2D eigenvalue weighted by molar-refractivity contribution is -0.129. The molecule has 1 aliphatic rings. The number of carbonyl (C=O) groups is 1. The molecule has 0 spiro atoms. The Labute approximate surface area is 131 Å². The van der Waals surface area contributed by atoms with E-state index in [4.69, 9.17) is 0 Å². The van der Waals surface area contributed by atoms with E-state index >= 15 is 0 Å². The summed E-state index contributed by atoms with van der Waals surface area (Å²) in [5.74, 6) is 0.127. The minimum atomic E-state index is -0.383. The molecule has 6 heteroatoms. The van der Waals surface area contributed by atoms with Gasteiger partial charge in [0.1, 0.15) is 6.33 Å². The first-order valence-electron chi connectivity index (χ1n) is 7.88. The van der Waals surface area contributed by atoms with Gasteiger partial charge in [0.15, 0.2) is 11.6 Å². The Hall–Kier alpha value is -1.72. The third-order valence-corrected chi connectivity index (χ3v) is 3.99. The number of aryl methyl sites for hydroxylation is 1. The van der Waals surface area contributed by atoms with Crippen molar-refractivity contribution in [1.82, 2.24) is 15.3 Å². The number of halogens is 1. The van der Waals surface area contributed by atoms with Gasteiger partial charge in [-0.2, -0.15) is 0 Å². The normalized spacial score (nSPS) is 16.7. The van der Waals surface area contributed by atoms with E-state index in [0.717, 1.165) is 12.8 Å². The van der Waals surface area contributed by atoms with E-state index in [2.05, 4.69) is 15.3 Å². The molecule has 2 rings (SSSR count). The number of carbonyl (C=O) groups excluding carboxylic acids is 1. The lowest BCUT2D eigenvalue weighted by Crippen LogP contribution is -2.48. The molecule has 0 radical (unpaired) electrons. The Bertz CT molecular complexity index is 533. The van der Waals surface area contributed by atoms with Crippen molar-refractivity contribution in [2.45, 2.75) is 53.0 Å². The maximum absolute atomic E-state index is 14.3. The number of nitrogens with one attached hydrogen (secondary N) is 1. The number of aromatic nitrogens is 2. The van der Waals surface area contributed by atoms with Crippen molar-refractivity contribution in [2.24, 2.45) is 5.41 Å². The Balaban J connectivity index is 1.97. The summed E-state index contributed by atoms with van der Waals surface area (Å²) in [4.78, 5) is 22.0. The zero-order chi connectivity index (χ0) is 16.3. The maximum Gasteiger partial charge on any atom is 0.225 e. The molecule has 22 heavy (non-hydrogen) atoms. The van der Waals surface area contributed by atoms with Crippen LogP contribution in [-0.2, 0) is 11.2 Å². The van der Waals surface area contributed by atoms with E-state index in [0.29, 0.717) is 31.0 Å². The highest BCUT2D eigenvalue weighted by atomic mass is 19.1. The van der Waals surface area contributed by atoms with Gasteiger partial charge in [-0.25, -0.2) is 14.4 Å². The summed E-state index contributed by atoms with van der Waals surface area (Å²) >= 11 is 0. The third-order valence-electron chi connectivity index (χ3n) is 3.99. The molecule has 5 nitrogen and oxygen atoms in total. The van der Waals surface area contributed by atoms with Crippen LogP contribution in [-0.4, -0.2) is 35.0 Å². The van der Waals surface area contributed by atoms with Crippen LogP contribution in [0.25, 0.3) is 0 Å². The molecule has 0 aliphatic carbocycles. The number of rotatable bonds is 3. The van der Waals surface area contributed by atoms with Gasteiger partial charge in [-0.3, -0.25) is 4.79 Å². The zero-order valence-corrected chi connectivity index (χ0v) is 13.8. The fourth-order valence-electron chi connectivity index (χ4n) is 2.50. The Morgan fingerprint density at radius 3 is 2.55 bits per heavy atom. The second-order valence-corrected chi connectivity index (χ2v) is 6.80. The predicted molar refractivity (Wildman–Crippen MR) is 84.2 cm³/mol. The zero-order valence-electron chi connectivity index (χ0n) is 13.8. The molecular weight excluding hydrogens is 283 g/mol. The SMILES string of the molecule is CCc1ncnc(N2CCC(NC(=O)C(C)(C)C)CC2)c1F.